The van der Waals surface area contributed by atoms with Gasteiger partial charge in [0.2, 0.25) is 5.88 Å². The molecule has 0 unspecified atom stereocenters. The van der Waals surface area contributed by atoms with E-state index in [4.69, 9.17) is 0 Å². The summed E-state index contributed by atoms with van der Waals surface area (Å²) in [6, 6.07) is 8.41. The molecule has 0 saturated heterocycles. The maximum atomic E-state index is 13.0. The van der Waals surface area contributed by atoms with E-state index in [2.05, 4.69) is 25.9 Å². The van der Waals surface area contributed by atoms with E-state index in [0.717, 1.165) is 28.5 Å². The van der Waals surface area contributed by atoms with Crippen LogP contribution in [0.4, 0.5) is 11.4 Å². The minimum atomic E-state index is -0.903. The average Bonchev–Trinajstić information content (AvgIpc) is 3.15. The van der Waals surface area contributed by atoms with Crippen LogP contribution in [0.25, 0.3) is 16.7 Å². The smallest absolute Gasteiger partial charge is 0.335 e. The molecule has 4 aromatic rings. The molecular weight excluding hydrogens is 620 g/mol. The predicted octanol–water partition coefficient (Wildman–Crippen LogP) is 4.31. The molecule has 2 N–H and O–H groups in total. The molecule has 4 aliphatic carbocycles. The van der Waals surface area contributed by atoms with Crippen LogP contribution in [-0.4, -0.2) is 34.9 Å². The van der Waals surface area contributed by atoms with Crippen LogP contribution in [0.3, 0.4) is 0 Å². The summed E-state index contributed by atoms with van der Waals surface area (Å²) in [5.41, 5.74) is -0.552. The number of aromatic amines is 1. The number of H-pyrrole nitrogens is 1. The van der Waals surface area contributed by atoms with Crippen molar-refractivity contribution >= 4 is 44.6 Å². The summed E-state index contributed by atoms with van der Waals surface area (Å²) in [6.07, 6.45) is 8.47. The predicted molar refractivity (Wildman–Crippen MR) is 164 cm³/mol. The van der Waals surface area contributed by atoms with E-state index in [-0.39, 0.29) is 22.4 Å². The van der Waals surface area contributed by atoms with E-state index < -0.39 is 27.7 Å². The molecule has 4 aliphatic rings. The fourth-order valence-electron chi connectivity index (χ4n) is 8.27. The van der Waals surface area contributed by atoms with Gasteiger partial charge in [-0.1, -0.05) is 6.07 Å². The number of nitro benzene ring substituents is 1. The van der Waals surface area contributed by atoms with Gasteiger partial charge < -0.3 is 5.11 Å². The summed E-state index contributed by atoms with van der Waals surface area (Å²) in [5, 5.41) is 23.0. The number of aromatic nitrogens is 4. The third-order valence-corrected chi connectivity index (χ3v) is 10.5. The summed E-state index contributed by atoms with van der Waals surface area (Å²) in [7, 11) is 3.04. The number of nitro groups is 1. The minimum Gasteiger partial charge on any atom is -0.493 e. The Kier molecular flexibility index (Phi) is 6.17. The first-order valence-corrected chi connectivity index (χ1v) is 15.0. The highest BCUT2D eigenvalue weighted by Crippen LogP contribution is 2.61. The standard InChI is InChI=1S/C30H29BrN6O6/c1-34-24-9-21(23(37(42)43)10-25(24)35(2)29(34)41)32-14-19-26(38)33-28(40)36(27(19)39)22-4-3-18(8-20(22)31)30-11-15-5-16(12-30)7-17(6-15)13-30/h3-4,8-10,14-17,39H,5-7,11-13H2,1-2H3,(H,33,38,40). The first kappa shape index (κ1) is 27.6. The Morgan fingerprint density at radius 3 is 2.21 bits per heavy atom. The van der Waals surface area contributed by atoms with Gasteiger partial charge in [-0.3, -0.25) is 29.0 Å². The highest BCUT2D eigenvalue weighted by atomic mass is 79.9. The maximum Gasteiger partial charge on any atom is 0.335 e. The number of benzene rings is 2. The largest absolute Gasteiger partial charge is 0.493 e. The number of aromatic hydroxyl groups is 1. The van der Waals surface area contributed by atoms with Crippen molar-refractivity contribution in [3.05, 3.63) is 87.4 Å². The van der Waals surface area contributed by atoms with Gasteiger partial charge in [-0.15, -0.1) is 0 Å². The van der Waals surface area contributed by atoms with Crippen molar-refractivity contribution < 1.29 is 10.0 Å². The van der Waals surface area contributed by atoms with Gasteiger partial charge in [0.05, 0.1) is 21.6 Å². The van der Waals surface area contributed by atoms with Crippen molar-refractivity contribution in [1.82, 2.24) is 18.7 Å². The monoisotopic (exact) mass is 648 g/mol. The number of aliphatic imine (C=N–C) groups is 1. The molecule has 222 valence electrons. The van der Waals surface area contributed by atoms with Crippen LogP contribution in [0.2, 0.25) is 0 Å². The van der Waals surface area contributed by atoms with E-state index in [1.54, 1.807) is 6.07 Å². The second-order valence-corrected chi connectivity index (χ2v) is 13.3. The van der Waals surface area contributed by atoms with Crippen LogP contribution in [0.15, 0.2) is 54.2 Å². The number of imidazole rings is 1. The number of halogens is 1. The number of nitrogens with one attached hydrogen (secondary N) is 1. The molecule has 4 bridgehead atoms. The molecule has 4 saturated carbocycles. The van der Waals surface area contributed by atoms with E-state index in [1.807, 2.05) is 12.1 Å². The van der Waals surface area contributed by atoms with E-state index in [1.165, 1.54) is 79.5 Å². The first-order chi connectivity index (χ1) is 20.5. The lowest BCUT2D eigenvalue weighted by molar-refractivity contribution is -0.383. The summed E-state index contributed by atoms with van der Waals surface area (Å²) in [4.78, 5) is 55.7. The van der Waals surface area contributed by atoms with E-state index >= 15 is 0 Å². The van der Waals surface area contributed by atoms with Crippen LogP contribution >= 0.6 is 15.9 Å². The molecule has 13 heteroatoms. The Hall–Kier alpha value is -4.26. The Morgan fingerprint density at radius 1 is 1.02 bits per heavy atom. The fraction of sp³-hybridized carbons (Fsp3) is 0.400. The molecule has 12 nitrogen and oxygen atoms in total. The molecule has 4 fully saturated rings. The van der Waals surface area contributed by atoms with Crippen molar-refractivity contribution in [3.63, 3.8) is 0 Å². The number of fused-ring (bicyclic) bond motifs is 1. The summed E-state index contributed by atoms with van der Waals surface area (Å²) in [6.45, 7) is 0. The zero-order valence-corrected chi connectivity index (χ0v) is 25.1. The first-order valence-electron chi connectivity index (χ1n) is 14.2. The second-order valence-electron chi connectivity index (χ2n) is 12.4. The molecule has 0 aliphatic heterocycles. The van der Waals surface area contributed by atoms with E-state index in [9.17, 15) is 29.6 Å². The Morgan fingerprint density at radius 2 is 1.63 bits per heavy atom. The third-order valence-electron chi connectivity index (χ3n) is 9.86. The van der Waals surface area contributed by atoms with Gasteiger partial charge in [0.1, 0.15) is 11.3 Å². The van der Waals surface area contributed by atoms with Gasteiger partial charge in [-0.2, -0.15) is 0 Å². The Labute approximate surface area is 252 Å². The fourth-order valence-corrected chi connectivity index (χ4v) is 8.82. The Bertz CT molecular complexity index is 2030. The molecule has 0 atom stereocenters. The SMILES string of the molecule is Cn1c(=O)n(C)c2cc([N+](=O)[O-])c(N=Cc3c(O)n(-c4ccc(C56CC7CC(CC(C7)C5)C6)cc4Br)c(=O)[nH]c3=O)cc21. The van der Waals surface area contributed by atoms with Crippen LogP contribution in [-0.2, 0) is 19.5 Å². The van der Waals surface area contributed by atoms with Crippen molar-refractivity contribution in [2.75, 3.05) is 0 Å². The van der Waals surface area contributed by atoms with Crippen LogP contribution < -0.4 is 16.9 Å². The zero-order valence-electron chi connectivity index (χ0n) is 23.5. The maximum absolute atomic E-state index is 13.0. The third kappa shape index (κ3) is 4.23. The van der Waals surface area contributed by atoms with Crippen LogP contribution in [0, 0.1) is 27.9 Å². The van der Waals surface area contributed by atoms with Gasteiger partial charge in [0.15, 0.2) is 0 Å². The zero-order chi connectivity index (χ0) is 30.4. The molecule has 2 aromatic heterocycles. The topological polar surface area (TPSA) is 158 Å². The van der Waals surface area contributed by atoms with Crippen LogP contribution in [0.5, 0.6) is 5.88 Å². The van der Waals surface area contributed by atoms with E-state index in [0.29, 0.717) is 21.2 Å². The number of nitrogens with zero attached hydrogens (tertiary/aromatic N) is 5. The molecule has 43 heavy (non-hydrogen) atoms. The van der Waals surface area contributed by atoms with Gasteiger partial charge in [0, 0.05) is 30.8 Å². The molecule has 2 aromatic carbocycles. The van der Waals surface area contributed by atoms with Crippen LogP contribution in [0.1, 0.15) is 49.7 Å². The molecule has 2 heterocycles. The molecule has 0 radical (unpaired) electrons. The summed E-state index contributed by atoms with van der Waals surface area (Å²) in [5.74, 6) is 1.64. The van der Waals surface area contributed by atoms with Crippen molar-refractivity contribution in [3.8, 4) is 11.6 Å². The molecule has 0 spiro atoms. The lowest BCUT2D eigenvalue weighted by atomic mass is 9.48. The van der Waals surface area contributed by atoms with Gasteiger partial charge >= 0.3 is 11.4 Å². The van der Waals surface area contributed by atoms with Crippen molar-refractivity contribution in [1.29, 1.82) is 0 Å². The van der Waals surface area contributed by atoms with Crippen molar-refractivity contribution in [2.45, 2.75) is 43.9 Å². The number of hydrogen-bond acceptors (Lipinski definition) is 7. The number of aryl methyl sites for hydroxylation is 2. The number of hydrogen-bond donors (Lipinski definition) is 2. The Balaban J connectivity index is 1.29. The van der Waals surface area contributed by atoms with Gasteiger partial charge in [-0.05, 0) is 101 Å². The second kappa shape index (κ2) is 9.63. The van der Waals surface area contributed by atoms with Gasteiger partial charge in [-0.25, -0.2) is 19.1 Å². The minimum absolute atomic E-state index is 0.128. The molecule has 0 amide bonds. The summed E-state index contributed by atoms with van der Waals surface area (Å²) >= 11 is 3.61. The van der Waals surface area contributed by atoms with Gasteiger partial charge in [0.25, 0.3) is 11.2 Å². The molecular formula is C30H29BrN6O6. The highest BCUT2D eigenvalue weighted by Gasteiger charge is 2.51. The number of rotatable bonds is 5. The van der Waals surface area contributed by atoms with Crippen molar-refractivity contribution in [2.24, 2.45) is 36.8 Å². The lowest BCUT2D eigenvalue weighted by Crippen LogP contribution is -2.48. The average molecular weight is 650 g/mol. The lowest BCUT2D eigenvalue weighted by Gasteiger charge is -2.57. The summed E-state index contributed by atoms with van der Waals surface area (Å²) < 4.78 is 4.19. The normalized spacial score (nSPS) is 24.4. The highest BCUT2D eigenvalue weighted by molar-refractivity contribution is 9.10. The molecule has 8 rings (SSSR count). The quantitative estimate of drug-likeness (QED) is 0.186.